The van der Waals surface area contributed by atoms with Crippen LogP contribution in [0.4, 0.5) is 10.1 Å². The predicted molar refractivity (Wildman–Crippen MR) is 87.5 cm³/mol. The Bertz CT molecular complexity index is 890. The molecule has 2 aromatic rings. The summed E-state index contributed by atoms with van der Waals surface area (Å²) < 4.78 is 49.4. The summed E-state index contributed by atoms with van der Waals surface area (Å²) in [7, 11) is -2.56. The quantitative estimate of drug-likeness (QED) is 0.782. The number of carbonyl (C=O) groups excluding carboxylic acids is 1. The number of hydrogen-bond donors (Lipinski definition) is 2. The lowest BCUT2D eigenvalue weighted by Gasteiger charge is -2.12. The second-order valence-electron chi connectivity index (χ2n) is 5.71. The number of carbonyl (C=O) groups is 1. The van der Waals surface area contributed by atoms with E-state index in [0.29, 0.717) is 18.3 Å². The van der Waals surface area contributed by atoms with Crippen molar-refractivity contribution in [2.75, 3.05) is 19.0 Å². The van der Waals surface area contributed by atoms with Gasteiger partial charge in [0.25, 0.3) is 15.9 Å². The van der Waals surface area contributed by atoms with Crippen LogP contribution >= 0.6 is 0 Å². The summed E-state index contributed by atoms with van der Waals surface area (Å²) >= 11 is 0. The van der Waals surface area contributed by atoms with E-state index >= 15 is 0 Å². The highest BCUT2D eigenvalue weighted by atomic mass is 32.2. The number of benzene rings is 1. The Kier molecular flexibility index (Phi) is 4.78. The van der Waals surface area contributed by atoms with Crippen molar-refractivity contribution in [3.63, 3.8) is 0 Å². The second kappa shape index (κ2) is 6.85. The van der Waals surface area contributed by atoms with Crippen molar-refractivity contribution in [2.24, 2.45) is 5.92 Å². The lowest BCUT2D eigenvalue weighted by Crippen LogP contribution is -2.18. The zero-order valence-corrected chi connectivity index (χ0v) is 14.2. The van der Waals surface area contributed by atoms with Crippen molar-refractivity contribution < 1.29 is 26.8 Å². The molecule has 1 fully saturated rings. The Morgan fingerprint density at radius 2 is 2.12 bits per heavy atom. The smallest absolute Gasteiger partial charge is 0.273 e. The number of halogens is 1. The summed E-state index contributed by atoms with van der Waals surface area (Å²) in [5.41, 5.74) is 0.163. The molecular weight excluding hydrogens is 351 g/mol. The molecular formula is C16H17FN2O5S. The lowest BCUT2D eigenvalue weighted by atomic mass is 10.2. The van der Waals surface area contributed by atoms with Crippen molar-refractivity contribution in [3.05, 3.63) is 41.9 Å². The fourth-order valence-electron chi connectivity index (χ4n) is 2.09. The van der Waals surface area contributed by atoms with E-state index in [2.05, 4.69) is 10.0 Å². The van der Waals surface area contributed by atoms with E-state index in [4.69, 9.17) is 9.15 Å². The topological polar surface area (TPSA) is 97.6 Å². The summed E-state index contributed by atoms with van der Waals surface area (Å²) in [6, 6.07) is 4.92. The molecule has 1 aromatic heterocycles. The first-order chi connectivity index (χ1) is 11.9. The Labute approximate surface area is 144 Å². The summed E-state index contributed by atoms with van der Waals surface area (Å²) in [5.74, 6) is -0.312. The molecule has 0 aliphatic heterocycles. The van der Waals surface area contributed by atoms with E-state index in [1.165, 1.54) is 19.2 Å². The minimum absolute atomic E-state index is 0.00812. The van der Waals surface area contributed by atoms with Crippen LogP contribution in [0.25, 0.3) is 0 Å². The number of hydrogen-bond acceptors (Lipinski definition) is 5. The molecule has 1 saturated carbocycles. The molecule has 7 nitrogen and oxygen atoms in total. The number of furan rings is 1. The number of ether oxygens (including phenoxy) is 1. The highest BCUT2D eigenvalue weighted by Crippen LogP contribution is 2.32. The lowest BCUT2D eigenvalue weighted by molar-refractivity contribution is 0.102. The third-order valence-corrected chi connectivity index (χ3v) is 5.01. The summed E-state index contributed by atoms with van der Waals surface area (Å²) in [6.07, 6.45) is 3.21. The zero-order chi connectivity index (χ0) is 18.0. The van der Waals surface area contributed by atoms with Crippen molar-refractivity contribution in [3.8, 4) is 5.75 Å². The van der Waals surface area contributed by atoms with Gasteiger partial charge in [-0.15, -0.1) is 0 Å². The molecule has 0 unspecified atom stereocenters. The number of rotatable bonds is 7. The highest BCUT2D eigenvalue weighted by molar-refractivity contribution is 7.89. The van der Waals surface area contributed by atoms with Crippen molar-refractivity contribution in [1.82, 2.24) is 4.72 Å². The molecule has 0 spiro atoms. The third-order valence-electron chi connectivity index (χ3n) is 3.73. The van der Waals surface area contributed by atoms with Gasteiger partial charge in [-0.2, -0.15) is 0 Å². The Balaban J connectivity index is 1.77. The van der Waals surface area contributed by atoms with E-state index in [9.17, 15) is 17.6 Å². The predicted octanol–water partition coefficient (Wildman–Crippen LogP) is 2.37. The van der Waals surface area contributed by atoms with Gasteiger partial charge in [0.1, 0.15) is 17.8 Å². The molecule has 0 radical (unpaired) electrons. The molecule has 134 valence electrons. The molecule has 9 heteroatoms. The Hall–Kier alpha value is -2.39. The molecule has 1 amide bonds. The van der Waals surface area contributed by atoms with Crippen LogP contribution in [0.15, 0.2) is 40.0 Å². The van der Waals surface area contributed by atoms with E-state index in [1.807, 2.05) is 0 Å². The normalized spacial score (nSPS) is 14.3. The molecule has 25 heavy (non-hydrogen) atoms. The van der Waals surface area contributed by atoms with Gasteiger partial charge in [-0.05, 0) is 37.9 Å². The fourth-order valence-corrected chi connectivity index (χ4v) is 2.75. The highest BCUT2D eigenvalue weighted by Gasteiger charge is 2.23. The van der Waals surface area contributed by atoms with Gasteiger partial charge < -0.3 is 14.5 Å². The Morgan fingerprint density at radius 1 is 1.36 bits per heavy atom. The minimum atomic E-state index is -3.79. The van der Waals surface area contributed by atoms with E-state index in [-0.39, 0.29) is 16.3 Å². The first-order valence-electron chi connectivity index (χ1n) is 7.65. The minimum Gasteiger partial charge on any atom is -0.491 e. The molecule has 0 saturated heterocycles. The maximum atomic E-state index is 13.5. The van der Waals surface area contributed by atoms with Crippen LogP contribution in [-0.4, -0.2) is 28.0 Å². The van der Waals surface area contributed by atoms with Crippen LogP contribution in [0.2, 0.25) is 0 Å². The van der Waals surface area contributed by atoms with Crippen LogP contribution in [-0.2, 0) is 10.0 Å². The average Bonchev–Trinajstić information content (AvgIpc) is 3.26. The first-order valence-corrected chi connectivity index (χ1v) is 9.13. The first kappa shape index (κ1) is 17.4. The van der Waals surface area contributed by atoms with Gasteiger partial charge >= 0.3 is 0 Å². The van der Waals surface area contributed by atoms with Crippen molar-refractivity contribution >= 4 is 21.6 Å². The number of sulfonamides is 1. The molecule has 0 bridgehead atoms. The number of amides is 1. The Morgan fingerprint density at radius 3 is 2.80 bits per heavy atom. The number of anilines is 1. The maximum absolute atomic E-state index is 13.5. The fraction of sp³-hybridized carbons (Fsp3) is 0.312. The van der Waals surface area contributed by atoms with Crippen molar-refractivity contribution in [1.29, 1.82) is 0 Å². The van der Waals surface area contributed by atoms with Crippen molar-refractivity contribution in [2.45, 2.75) is 17.9 Å². The molecule has 3 rings (SSSR count). The van der Waals surface area contributed by atoms with Gasteiger partial charge in [-0.1, -0.05) is 0 Å². The molecule has 1 aromatic carbocycles. The monoisotopic (exact) mass is 368 g/mol. The van der Waals surface area contributed by atoms with Gasteiger partial charge in [-0.25, -0.2) is 17.5 Å². The van der Waals surface area contributed by atoms with Crippen LogP contribution in [0.5, 0.6) is 5.75 Å². The SMILES string of the molecule is CNS(=O)(=O)c1cc(C(=O)Nc2cc(F)ccc2OCC2CC2)co1. The molecule has 1 aliphatic carbocycles. The van der Waals surface area contributed by atoms with Crippen LogP contribution in [0.3, 0.4) is 0 Å². The van der Waals surface area contributed by atoms with Gasteiger partial charge in [-0.3, -0.25) is 4.79 Å². The number of nitrogens with one attached hydrogen (secondary N) is 2. The van der Waals surface area contributed by atoms with Gasteiger partial charge in [0, 0.05) is 12.1 Å². The largest absolute Gasteiger partial charge is 0.491 e. The molecule has 1 heterocycles. The summed E-state index contributed by atoms with van der Waals surface area (Å²) in [5, 5.41) is 2.13. The summed E-state index contributed by atoms with van der Waals surface area (Å²) in [4.78, 5) is 12.3. The molecule has 1 aliphatic rings. The summed E-state index contributed by atoms with van der Waals surface area (Å²) in [6.45, 7) is 0.505. The average molecular weight is 368 g/mol. The second-order valence-corrected chi connectivity index (χ2v) is 7.53. The van der Waals surface area contributed by atoms with Gasteiger partial charge in [0.05, 0.1) is 17.9 Å². The third kappa shape index (κ3) is 4.18. The van der Waals surface area contributed by atoms with Crippen LogP contribution in [0, 0.1) is 11.7 Å². The van der Waals surface area contributed by atoms with E-state index < -0.39 is 21.7 Å². The van der Waals surface area contributed by atoms with Crippen LogP contribution < -0.4 is 14.8 Å². The standard InChI is InChI=1S/C16H17FN2O5S/c1-18-25(21,22)15-6-11(9-24-15)16(20)19-13-7-12(17)4-5-14(13)23-8-10-2-3-10/h4-7,9-10,18H,2-3,8H2,1H3,(H,19,20). The molecule has 2 N–H and O–H groups in total. The molecule has 0 atom stereocenters. The zero-order valence-electron chi connectivity index (χ0n) is 13.4. The van der Waals surface area contributed by atoms with E-state index in [0.717, 1.165) is 31.2 Å². The van der Waals surface area contributed by atoms with Crippen LogP contribution in [0.1, 0.15) is 23.2 Å². The van der Waals surface area contributed by atoms with Gasteiger partial charge in [0.2, 0.25) is 5.09 Å². The van der Waals surface area contributed by atoms with Gasteiger partial charge in [0.15, 0.2) is 0 Å². The van der Waals surface area contributed by atoms with E-state index in [1.54, 1.807) is 0 Å². The maximum Gasteiger partial charge on any atom is 0.273 e.